The van der Waals surface area contributed by atoms with E-state index in [1.807, 2.05) is 0 Å². The topological polar surface area (TPSA) is 71.3 Å². The molecule has 23 heavy (non-hydrogen) atoms. The lowest BCUT2D eigenvalue weighted by atomic mass is 10.2. The molecule has 0 bridgehead atoms. The van der Waals surface area contributed by atoms with Crippen LogP contribution in [0.4, 0.5) is 0 Å². The molecule has 0 fully saturated rings. The number of furan rings is 1. The second kappa shape index (κ2) is 8.60. The first-order chi connectivity index (χ1) is 11.1. The minimum Gasteiger partial charge on any atom is -0.459 e. The van der Waals surface area contributed by atoms with Crippen LogP contribution in [0.3, 0.4) is 0 Å². The fourth-order valence-electron chi connectivity index (χ4n) is 1.89. The van der Waals surface area contributed by atoms with Gasteiger partial charge in [-0.3, -0.25) is 9.59 Å². The van der Waals surface area contributed by atoms with Crippen molar-refractivity contribution in [2.45, 2.75) is 19.4 Å². The SMILES string of the molecule is O=C(CCCNC(=O)c1ccco1)NCc1ccc(Cl)cc1Cl. The van der Waals surface area contributed by atoms with E-state index in [0.29, 0.717) is 36.0 Å². The van der Waals surface area contributed by atoms with Gasteiger partial charge in [-0.15, -0.1) is 0 Å². The summed E-state index contributed by atoms with van der Waals surface area (Å²) in [5.74, 6) is -0.140. The van der Waals surface area contributed by atoms with Gasteiger partial charge < -0.3 is 15.1 Å². The Morgan fingerprint density at radius 2 is 1.96 bits per heavy atom. The average Bonchev–Trinajstić information content (AvgIpc) is 3.05. The largest absolute Gasteiger partial charge is 0.459 e. The summed E-state index contributed by atoms with van der Waals surface area (Å²) < 4.78 is 4.97. The number of halogens is 2. The number of benzene rings is 1. The zero-order valence-electron chi connectivity index (χ0n) is 12.3. The van der Waals surface area contributed by atoms with Crippen LogP contribution in [0.5, 0.6) is 0 Å². The van der Waals surface area contributed by atoms with Gasteiger partial charge in [-0.25, -0.2) is 0 Å². The van der Waals surface area contributed by atoms with E-state index < -0.39 is 0 Å². The summed E-state index contributed by atoms with van der Waals surface area (Å²) in [5.41, 5.74) is 0.801. The van der Waals surface area contributed by atoms with Gasteiger partial charge in [0.05, 0.1) is 6.26 Å². The van der Waals surface area contributed by atoms with Crippen molar-refractivity contribution in [3.05, 3.63) is 58.0 Å². The fourth-order valence-corrected chi connectivity index (χ4v) is 2.37. The Morgan fingerprint density at radius 3 is 2.65 bits per heavy atom. The lowest BCUT2D eigenvalue weighted by Crippen LogP contribution is -2.27. The molecule has 0 saturated carbocycles. The smallest absolute Gasteiger partial charge is 0.286 e. The Bertz CT molecular complexity index is 672. The highest BCUT2D eigenvalue weighted by atomic mass is 35.5. The predicted octanol–water partition coefficient (Wildman–Crippen LogP) is 3.41. The number of carbonyl (C=O) groups is 2. The first kappa shape index (κ1) is 17.4. The second-order valence-corrected chi connectivity index (χ2v) is 5.69. The van der Waals surface area contributed by atoms with Crippen molar-refractivity contribution in [3.8, 4) is 0 Å². The quantitative estimate of drug-likeness (QED) is 0.748. The third-order valence-electron chi connectivity index (χ3n) is 3.10. The molecular weight excluding hydrogens is 339 g/mol. The summed E-state index contributed by atoms with van der Waals surface area (Å²) in [5, 5.41) is 6.53. The normalized spacial score (nSPS) is 10.3. The van der Waals surface area contributed by atoms with Crippen LogP contribution < -0.4 is 10.6 Å². The maximum atomic E-state index is 11.8. The Labute approximate surface area is 144 Å². The van der Waals surface area contributed by atoms with Crippen LogP contribution in [0.15, 0.2) is 41.0 Å². The van der Waals surface area contributed by atoms with E-state index in [4.69, 9.17) is 27.6 Å². The van der Waals surface area contributed by atoms with Crippen LogP contribution in [0.1, 0.15) is 29.0 Å². The van der Waals surface area contributed by atoms with Gasteiger partial charge in [0.15, 0.2) is 5.76 Å². The predicted molar refractivity (Wildman–Crippen MR) is 88.6 cm³/mol. The van der Waals surface area contributed by atoms with Crippen molar-refractivity contribution < 1.29 is 14.0 Å². The lowest BCUT2D eigenvalue weighted by molar-refractivity contribution is -0.121. The number of hydrogen-bond acceptors (Lipinski definition) is 3. The minimum atomic E-state index is -0.289. The zero-order chi connectivity index (χ0) is 16.7. The lowest BCUT2D eigenvalue weighted by Gasteiger charge is -2.08. The molecule has 5 nitrogen and oxygen atoms in total. The van der Waals surface area contributed by atoms with Crippen LogP contribution in [-0.4, -0.2) is 18.4 Å². The highest BCUT2D eigenvalue weighted by molar-refractivity contribution is 6.35. The molecule has 0 radical (unpaired) electrons. The Hall–Kier alpha value is -1.98. The van der Waals surface area contributed by atoms with Gasteiger partial charge in [0.2, 0.25) is 5.91 Å². The summed E-state index contributed by atoms with van der Waals surface area (Å²) in [6.07, 6.45) is 2.28. The molecule has 1 aromatic heterocycles. The second-order valence-electron chi connectivity index (χ2n) is 4.85. The van der Waals surface area contributed by atoms with Gasteiger partial charge in [-0.1, -0.05) is 29.3 Å². The van der Waals surface area contributed by atoms with Crippen molar-refractivity contribution in [1.82, 2.24) is 10.6 Å². The molecule has 122 valence electrons. The zero-order valence-corrected chi connectivity index (χ0v) is 13.8. The Kier molecular flexibility index (Phi) is 6.50. The van der Waals surface area contributed by atoms with Crippen molar-refractivity contribution in [3.63, 3.8) is 0 Å². The summed E-state index contributed by atoms with van der Waals surface area (Å²) in [4.78, 5) is 23.4. The molecular formula is C16H16Cl2N2O3. The van der Waals surface area contributed by atoms with Crippen molar-refractivity contribution >= 4 is 35.0 Å². The molecule has 0 aliphatic heterocycles. The van der Waals surface area contributed by atoms with Gasteiger partial charge in [0.1, 0.15) is 0 Å². The van der Waals surface area contributed by atoms with E-state index in [2.05, 4.69) is 10.6 Å². The van der Waals surface area contributed by atoms with Gasteiger partial charge >= 0.3 is 0 Å². The number of amides is 2. The minimum absolute atomic E-state index is 0.108. The monoisotopic (exact) mass is 354 g/mol. The van der Waals surface area contributed by atoms with Crippen LogP contribution >= 0.6 is 23.2 Å². The van der Waals surface area contributed by atoms with E-state index >= 15 is 0 Å². The standard InChI is InChI=1S/C16H16Cl2N2O3/c17-12-6-5-11(13(18)9-12)10-20-15(21)4-1-7-19-16(22)14-3-2-8-23-14/h2-3,5-6,8-9H,1,4,7,10H2,(H,19,22)(H,20,21). The Balaban J connectivity index is 1.64. The van der Waals surface area contributed by atoms with Crippen molar-refractivity contribution in [1.29, 1.82) is 0 Å². The van der Waals surface area contributed by atoms with Gasteiger partial charge in [0, 0.05) is 29.6 Å². The molecule has 1 aromatic carbocycles. The van der Waals surface area contributed by atoms with Gasteiger partial charge in [-0.05, 0) is 36.2 Å². The fraction of sp³-hybridized carbons (Fsp3) is 0.250. The van der Waals surface area contributed by atoms with Gasteiger partial charge in [0.25, 0.3) is 5.91 Å². The summed E-state index contributed by atoms with van der Waals surface area (Å²) in [6, 6.07) is 8.35. The molecule has 0 saturated heterocycles. The number of nitrogens with one attached hydrogen (secondary N) is 2. The van der Waals surface area contributed by atoms with E-state index in [9.17, 15) is 9.59 Å². The van der Waals surface area contributed by atoms with Crippen LogP contribution in [0.2, 0.25) is 10.0 Å². The Morgan fingerprint density at radius 1 is 1.13 bits per heavy atom. The molecule has 0 unspecified atom stereocenters. The third kappa shape index (κ3) is 5.62. The van der Waals surface area contributed by atoms with Gasteiger partial charge in [-0.2, -0.15) is 0 Å². The number of rotatable bonds is 7. The number of hydrogen-bond donors (Lipinski definition) is 2. The van der Waals surface area contributed by atoms with E-state index in [1.54, 1.807) is 30.3 Å². The molecule has 2 rings (SSSR count). The van der Waals surface area contributed by atoms with Crippen LogP contribution in [-0.2, 0) is 11.3 Å². The van der Waals surface area contributed by atoms with Crippen molar-refractivity contribution in [2.75, 3.05) is 6.54 Å². The highest BCUT2D eigenvalue weighted by Crippen LogP contribution is 2.20. The summed E-state index contributed by atoms with van der Waals surface area (Å²) >= 11 is 11.8. The van der Waals surface area contributed by atoms with Crippen LogP contribution in [0.25, 0.3) is 0 Å². The average molecular weight is 355 g/mol. The third-order valence-corrected chi connectivity index (χ3v) is 3.69. The number of carbonyl (C=O) groups excluding carboxylic acids is 2. The molecule has 2 aromatic rings. The molecule has 7 heteroatoms. The van der Waals surface area contributed by atoms with Crippen molar-refractivity contribution in [2.24, 2.45) is 0 Å². The first-order valence-corrected chi connectivity index (χ1v) is 7.84. The molecule has 0 aliphatic rings. The maximum absolute atomic E-state index is 11.8. The molecule has 1 heterocycles. The summed E-state index contributed by atoms with van der Waals surface area (Å²) in [7, 11) is 0. The van der Waals surface area contributed by atoms with Crippen LogP contribution in [0, 0.1) is 0 Å². The van der Waals surface area contributed by atoms with E-state index in [0.717, 1.165) is 5.56 Å². The maximum Gasteiger partial charge on any atom is 0.286 e. The molecule has 0 spiro atoms. The molecule has 0 atom stereocenters. The first-order valence-electron chi connectivity index (χ1n) is 7.08. The van der Waals surface area contributed by atoms with E-state index in [1.165, 1.54) is 6.26 Å². The van der Waals surface area contributed by atoms with E-state index in [-0.39, 0.29) is 17.6 Å². The molecule has 2 N–H and O–H groups in total. The summed E-state index contributed by atoms with van der Waals surface area (Å²) in [6.45, 7) is 0.738. The highest BCUT2D eigenvalue weighted by Gasteiger charge is 2.08. The molecule has 2 amide bonds. The molecule has 0 aliphatic carbocycles.